The van der Waals surface area contributed by atoms with Crippen molar-refractivity contribution in [3.8, 4) is 11.8 Å². The molecule has 9 rings (SSSR count). The lowest BCUT2D eigenvalue weighted by atomic mass is 10.1. The minimum absolute atomic E-state index is 0.644. The number of benzene rings is 7. The van der Waals surface area contributed by atoms with Crippen LogP contribution in [0.4, 0.5) is 0 Å². The molecule has 0 spiro atoms. The summed E-state index contributed by atoms with van der Waals surface area (Å²) in [6.07, 6.45) is 0. The van der Waals surface area contributed by atoms with Crippen molar-refractivity contribution in [2.24, 2.45) is 0 Å². The van der Waals surface area contributed by atoms with Gasteiger partial charge in [0, 0.05) is 27.2 Å². The van der Waals surface area contributed by atoms with E-state index in [4.69, 9.17) is 4.42 Å². The van der Waals surface area contributed by atoms with Gasteiger partial charge in [0.15, 0.2) is 8.07 Å². The number of nitriles is 1. The van der Waals surface area contributed by atoms with E-state index in [2.05, 4.69) is 168 Å². The van der Waals surface area contributed by atoms with Crippen LogP contribution < -0.4 is 20.7 Å². The Labute approximate surface area is 273 Å². The van der Waals surface area contributed by atoms with Crippen molar-refractivity contribution in [1.29, 1.82) is 5.26 Å². The molecule has 220 valence electrons. The predicted molar refractivity (Wildman–Crippen MR) is 196 cm³/mol. The lowest BCUT2D eigenvalue weighted by Crippen LogP contribution is -2.74. The first-order valence-electron chi connectivity index (χ1n) is 15.8. The Morgan fingerprint density at radius 1 is 0.489 bits per heavy atom. The third kappa shape index (κ3) is 4.04. The van der Waals surface area contributed by atoms with E-state index in [0.29, 0.717) is 5.56 Å². The molecule has 0 unspecified atom stereocenters. The molecule has 4 heteroatoms. The summed E-state index contributed by atoms with van der Waals surface area (Å²) in [5.74, 6) is 0. The maximum Gasteiger partial charge on any atom is 0.184 e. The average Bonchev–Trinajstić information content (AvgIpc) is 3.68. The van der Waals surface area contributed by atoms with E-state index >= 15 is 0 Å². The maximum absolute atomic E-state index is 9.74. The molecule has 0 saturated heterocycles. The van der Waals surface area contributed by atoms with E-state index in [1.165, 1.54) is 20.7 Å². The Morgan fingerprint density at radius 2 is 1.09 bits per heavy atom. The summed E-state index contributed by atoms with van der Waals surface area (Å²) >= 11 is 0. The van der Waals surface area contributed by atoms with Crippen LogP contribution in [0.15, 0.2) is 174 Å². The topological polar surface area (TPSA) is 41.9 Å². The van der Waals surface area contributed by atoms with Crippen LogP contribution in [0.2, 0.25) is 0 Å². The molecule has 0 aliphatic rings. The Morgan fingerprint density at radius 3 is 1.74 bits per heavy atom. The summed E-state index contributed by atoms with van der Waals surface area (Å²) in [6, 6.07) is 62.7. The quantitative estimate of drug-likeness (QED) is 0.146. The number of para-hydroxylation sites is 2. The second kappa shape index (κ2) is 10.7. The summed E-state index contributed by atoms with van der Waals surface area (Å²) < 4.78 is 9.19. The Balaban J connectivity index is 1.36. The predicted octanol–water partition coefficient (Wildman–Crippen LogP) is 7.93. The van der Waals surface area contributed by atoms with Gasteiger partial charge in [-0.05, 0) is 57.1 Å². The van der Waals surface area contributed by atoms with Crippen molar-refractivity contribution in [1.82, 2.24) is 4.57 Å². The molecule has 0 aliphatic heterocycles. The number of nitrogens with zero attached hydrogens (tertiary/aromatic N) is 2. The zero-order valence-corrected chi connectivity index (χ0v) is 26.5. The molecule has 0 atom stereocenters. The molecule has 0 aliphatic carbocycles. The highest BCUT2D eigenvalue weighted by molar-refractivity contribution is 7.20. The second-order valence-electron chi connectivity index (χ2n) is 12.0. The average molecular weight is 617 g/mol. The highest BCUT2D eigenvalue weighted by atomic mass is 28.3. The third-order valence-electron chi connectivity index (χ3n) is 9.57. The van der Waals surface area contributed by atoms with E-state index in [0.717, 1.165) is 49.4 Å². The molecule has 47 heavy (non-hydrogen) atoms. The van der Waals surface area contributed by atoms with Crippen LogP contribution in [0, 0.1) is 11.3 Å². The van der Waals surface area contributed by atoms with E-state index in [-0.39, 0.29) is 0 Å². The Kier molecular flexibility index (Phi) is 6.21. The van der Waals surface area contributed by atoms with Gasteiger partial charge in [0.05, 0.1) is 22.7 Å². The molecule has 2 heterocycles. The van der Waals surface area contributed by atoms with Gasteiger partial charge in [0.1, 0.15) is 11.2 Å². The number of rotatable bonds is 5. The highest BCUT2D eigenvalue weighted by Crippen LogP contribution is 2.36. The molecule has 7 aromatic carbocycles. The highest BCUT2D eigenvalue weighted by Gasteiger charge is 2.43. The second-order valence-corrected chi connectivity index (χ2v) is 15.8. The summed E-state index contributed by atoms with van der Waals surface area (Å²) in [5, 5.41) is 19.3. The molecule has 2 aromatic heterocycles. The van der Waals surface area contributed by atoms with Gasteiger partial charge in [-0.1, -0.05) is 133 Å². The SMILES string of the molecule is N#Cc1ccc2c3ccccc3n(-c3ccc4oc5c([Si](c6ccccc6)(c6ccccc6)c6ccccc6)cccc5c4c3)c2c1. The van der Waals surface area contributed by atoms with Gasteiger partial charge in [-0.15, -0.1) is 0 Å². The van der Waals surface area contributed by atoms with Gasteiger partial charge in [-0.25, -0.2) is 0 Å². The maximum atomic E-state index is 9.74. The van der Waals surface area contributed by atoms with E-state index in [1.807, 2.05) is 12.1 Å². The smallest absolute Gasteiger partial charge is 0.184 e. The van der Waals surface area contributed by atoms with Crippen LogP contribution in [0.5, 0.6) is 0 Å². The number of furan rings is 1. The van der Waals surface area contributed by atoms with Crippen molar-refractivity contribution in [3.05, 3.63) is 175 Å². The van der Waals surface area contributed by atoms with Crippen LogP contribution in [0.1, 0.15) is 5.56 Å². The van der Waals surface area contributed by atoms with E-state index < -0.39 is 8.07 Å². The fraction of sp³-hybridized carbons (Fsp3) is 0. The van der Waals surface area contributed by atoms with Crippen molar-refractivity contribution >= 4 is 72.6 Å². The van der Waals surface area contributed by atoms with Crippen molar-refractivity contribution in [2.75, 3.05) is 0 Å². The van der Waals surface area contributed by atoms with Gasteiger partial charge >= 0.3 is 0 Å². The fourth-order valence-corrected chi connectivity index (χ4v) is 12.5. The zero-order chi connectivity index (χ0) is 31.4. The lowest BCUT2D eigenvalue weighted by Gasteiger charge is -2.34. The Hall–Kier alpha value is -6.15. The van der Waals surface area contributed by atoms with Crippen LogP contribution >= 0.6 is 0 Å². The van der Waals surface area contributed by atoms with Crippen LogP contribution in [-0.4, -0.2) is 12.6 Å². The molecular formula is C43H28N2OSi. The third-order valence-corrected chi connectivity index (χ3v) is 14.4. The number of hydrogen-bond donors (Lipinski definition) is 0. The zero-order valence-electron chi connectivity index (χ0n) is 25.5. The summed E-state index contributed by atoms with van der Waals surface area (Å²) in [4.78, 5) is 0. The summed E-state index contributed by atoms with van der Waals surface area (Å²) in [5.41, 5.74) is 5.58. The summed E-state index contributed by atoms with van der Waals surface area (Å²) in [6.45, 7) is 0. The normalized spacial score (nSPS) is 11.8. The van der Waals surface area contributed by atoms with Crippen LogP contribution in [-0.2, 0) is 0 Å². The molecule has 9 aromatic rings. The number of aromatic nitrogens is 1. The molecular weight excluding hydrogens is 589 g/mol. The van der Waals surface area contributed by atoms with Gasteiger partial charge in [-0.2, -0.15) is 5.26 Å². The first-order chi connectivity index (χ1) is 23.3. The standard InChI is InChI=1S/C43H28N2OSi/c44-29-30-23-25-36-35-19-10-11-21-39(35)45(40(36)27-30)31-24-26-41-38(28-31)37-20-12-22-42(43(37)46-41)47(32-13-4-1-5-14-32,33-15-6-2-7-16-33)34-17-8-3-9-18-34/h1-28H. The monoisotopic (exact) mass is 616 g/mol. The van der Waals surface area contributed by atoms with Crippen LogP contribution in [0.3, 0.4) is 0 Å². The molecule has 3 nitrogen and oxygen atoms in total. The lowest BCUT2D eigenvalue weighted by molar-refractivity contribution is 0.671. The van der Waals surface area contributed by atoms with Crippen molar-refractivity contribution in [3.63, 3.8) is 0 Å². The number of hydrogen-bond acceptors (Lipinski definition) is 2. The molecule has 0 saturated carbocycles. The van der Waals surface area contributed by atoms with Gasteiger partial charge in [-0.3, -0.25) is 0 Å². The van der Waals surface area contributed by atoms with Crippen LogP contribution in [0.25, 0.3) is 49.4 Å². The van der Waals surface area contributed by atoms with Gasteiger partial charge in [0.25, 0.3) is 0 Å². The van der Waals surface area contributed by atoms with E-state index in [9.17, 15) is 5.26 Å². The summed E-state index contributed by atoms with van der Waals surface area (Å²) in [7, 11) is -2.81. The van der Waals surface area contributed by atoms with Gasteiger partial charge in [0.2, 0.25) is 0 Å². The number of fused-ring (bicyclic) bond motifs is 6. The molecule has 0 fully saturated rings. The first-order valence-corrected chi connectivity index (χ1v) is 17.8. The molecule has 0 radical (unpaired) electrons. The minimum atomic E-state index is -2.81. The largest absolute Gasteiger partial charge is 0.456 e. The minimum Gasteiger partial charge on any atom is -0.456 e. The van der Waals surface area contributed by atoms with E-state index in [1.54, 1.807) is 0 Å². The van der Waals surface area contributed by atoms with Crippen molar-refractivity contribution < 1.29 is 4.42 Å². The molecule has 0 bridgehead atoms. The first kappa shape index (κ1) is 27.2. The molecule has 0 N–H and O–H groups in total. The Bertz CT molecular complexity index is 2530. The van der Waals surface area contributed by atoms with Crippen molar-refractivity contribution in [2.45, 2.75) is 0 Å². The molecule has 0 amide bonds. The van der Waals surface area contributed by atoms with Gasteiger partial charge < -0.3 is 8.98 Å². The fourth-order valence-electron chi connectivity index (χ4n) is 7.57.